The van der Waals surface area contributed by atoms with Crippen LogP contribution in [0.5, 0.6) is 0 Å². The third-order valence-corrected chi connectivity index (χ3v) is 4.45. The van der Waals surface area contributed by atoms with Crippen LogP contribution < -0.4 is 5.32 Å². The molecule has 1 aliphatic heterocycles. The summed E-state index contributed by atoms with van der Waals surface area (Å²) >= 11 is 0. The van der Waals surface area contributed by atoms with Crippen molar-refractivity contribution in [2.45, 2.75) is 38.6 Å². The Hall–Kier alpha value is -1.39. The number of aliphatic hydroxyl groups excluding tert-OH is 1. The monoisotopic (exact) mass is 304 g/mol. The van der Waals surface area contributed by atoms with Gasteiger partial charge in [0.2, 0.25) is 5.91 Å². The number of piperidine rings is 1. The summed E-state index contributed by atoms with van der Waals surface area (Å²) in [6.07, 6.45) is 3.98. The van der Waals surface area contributed by atoms with Crippen molar-refractivity contribution in [3.05, 3.63) is 35.9 Å². The van der Waals surface area contributed by atoms with Gasteiger partial charge in [-0.05, 0) is 43.8 Å². The minimum atomic E-state index is 0.102. The number of nitrogens with zero attached hydrogens (tertiary/aromatic N) is 1. The molecule has 1 atom stereocenters. The van der Waals surface area contributed by atoms with Crippen molar-refractivity contribution in [3.8, 4) is 0 Å². The van der Waals surface area contributed by atoms with Crippen LogP contribution >= 0.6 is 0 Å². The Labute approximate surface area is 133 Å². The molecular weight excluding hydrogens is 276 g/mol. The topological polar surface area (TPSA) is 52.6 Å². The second-order valence-corrected chi connectivity index (χ2v) is 6.22. The molecule has 1 aliphatic rings. The summed E-state index contributed by atoms with van der Waals surface area (Å²) in [6.45, 7) is 4.68. The molecule has 2 rings (SSSR count). The fourth-order valence-electron chi connectivity index (χ4n) is 3.07. The minimum absolute atomic E-state index is 0.102. The summed E-state index contributed by atoms with van der Waals surface area (Å²) in [5, 5.41) is 12.3. The number of aliphatic hydroxyl groups is 1. The summed E-state index contributed by atoms with van der Waals surface area (Å²) < 4.78 is 0. The second kappa shape index (κ2) is 8.91. The molecule has 0 aliphatic carbocycles. The molecule has 22 heavy (non-hydrogen) atoms. The van der Waals surface area contributed by atoms with Crippen molar-refractivity contribution in [2.24, 2.45) is 5.92 Å². The summed E-state index contributed by atoms with van der Waals surface area (Å²) in [6, 6.07) is 10.3. The highest BCUT2D eigenvalue weighted by molar-refractivity contribution is 5.78. The number of benzene rings is 1. The number of likely N-dealkylation sites (tertiary alicyclic amines) is 1. The molecule has 1 amide bonds. The largest absolute Gasteiger partial charge is 0.396 e. The van der Waals surface area contributed by atoms with Crippen LogP contribution in [0.15, 0.2) is 30.3 Å². The van der Waals surface area contributed by atoms with E-state index >= 15 is 0 Å². The van der Waals surface area contributed by atoms with E-state index < -0.39 is 0 Å². The van der Waals surface area contributed by atoms with Crippen molar-refractivity contribution in [1.82, 2.24) is 10.2 Å². The molecule has 0 bridgehead atoms. The van der Waals surface area contributed by atoms with Crippen molar-refractivity contribution in [2.75, 3.05) is 26.2 Å². The van der Waals surface area contributed by atoms with E-state index in [2.05, 4.69) is 29.3 Å². The highest BCUT2D eigenvalue weighted by Gasteiger charge is 2.21. The number of nitrogens with one attached hydrogen (secondary N) is 1. The number of hydrogen-bond acceptors (Lipinski definition) is 3. The molecule has 1 saturated heterocycles. The van der Waals surface area contributed by atoms with Crippen molar-refractivity contribution < 1.29 is 9.90 Å². The summed E-state index contributed by atoms with van der Waals surface area (Å²) in [7, 11) is 0. The lowest BCUT2D eigenvalue weighted by atomic mass is 9.98. The van der Waals surface area contributed by atoms with Crippen LogP contribution in [0, 0.1) is 5.92 Å². The van der Waals surface area contributed by atoms with Gasteiger partial charge in [-0.25, -0.2) is 0 Å². The van der Waals surface area contributed by atoms with Gasteiger partial charge in [-0.3, -0.25) is 9.69 Å². The molecule has 0 spiro atoms. The summed E-state index contributed by atoms with van der Waals surface area (Å²) in [5.74, 6) is 0.515. The zero-order valence-electron chi connectivity index (χ0n) is 13.5. The highest BCUT2D eigenvalue weighted by atomic mass is 16.3. The zero-order valence-corrected chi connectivity index (χ0v) is 13.5. The van der Waals surface area contributed by atoms with E-state index in [9.17, 15) is 4.79 Å². The lowest BCUT2D eigenvalue weighted by Gasteiger charge is -2.31. The Balaban J connectivity index is 1.84. The van der Waals surface area contributed by atoms with Crippen LogP contribution in [0.2, 0.25) is 0 Å². The molecule has 1 fully saturated rings. The number of carbonyl (C=O) groups is 1. The number of carbonyl (C=O) groups excluding carboxylic acids is 1. The Morgan fingerprint density at radius 2 is 2.00 bits per heavy atom. The second-order valence-electron chi connectivity index (χ2n) is 6.22. The third kappa shape index (κ3) is 5.11. The Morgan fingerprint density at radius 1 is 1.32 bits per heavy atom. The third-order valence-electron chi connectivity index (χ3n) is 4.45. The molecule has 1 unspecified atom stereocenters. The maximum Gasteiger partial charge on any atom is 0.234 e. The fourth-order valence-corrected chi connectivity index (χ4v) is 3.07. The maximum atomic E-state index is 12.3. The first-order valence-corrected chi connectivity index (χ1v) is 8.40. The van der Waals surface area contributed by atoms with Crippen molar-refractivity contribution >= 4 is 5.91 Å². The SMILES string of the molecule is CCCC(NC(=O)CN1CCC(CO)CC1)c1ccccc1. The molecular formula is C18H28N2O2. The van der Waals surface area contributed by atoms with E-state index in [0.29, 0.717) is 12.5 Å². The molecule has 2 N–H and O–H groups in total. The molecule has 1 aromatic rings. The van der Waals surface area contributed by atoms with E-state index in [1.54, 1.807) is 0 Å². The van der Waals surface area contributed by atoms with Gasteiger partial charge < -0.3 is 10.4 Å². The van der Waals surface area contributed by atoms with Crippen LogP contribution in [0.3, 0.4) is 0 Å². The lowest BCUT2D eigenvalue weighted by molar-refractivity contribution is -0.123. The standard InChI is InChI=1S/C18H28N2O2/c1-2-6-17(16-7-4-3-5-8-16)19-18(22)13-20-11-9-15(14-21)10-12-20/h3-5,7-8,15,17,21H,2,6,9-14H2,1H3,(H,19,22). The van der Waals surface area contributed by atoms with Gasteiger partial charge in [0.25, 0.3) is 0 Å². The first kappa shape index (κ1) is 17.0. The van der Waals surface area contributed by atoms with Crippen LogP contribution in [-0.4, -0.2) is 42.2 Å². The predicted octanol–water partition coefficient (Wildman–Crippen LogP) is 2.35. The highest BCUT2D eigenvalue weighted by Crippen LogP contribution is 2.19. The smallest absolute Gasteiger partial charge is 0.234 e. The van der Waals surface area contributed by atoms with Gasteiger partial charge in [0.1, 0.15) is 0 Å². The van der Waals surface area contributed by atoms with Gasteiger partial charge in [-0.1, -0.05) is 43.7 Å². The summed E-state index contributed by atoms with van der Waals surface area (Å²) in [4.78, 5) is 14.5. The molecule has 4 heteroatoms. The van der Waals surface area contributed by atoms with Gasteiger partial charge in [0.15, 0.2) is 0 Å². The Bertz CT molecular complexity index is 442. The van der Waals surface area contributed by atoms with Gasteiger partial charge >= 0.3 is 0 Å². The summed E-state index contributed by atoms with van der Waals surface area (Å²) in [5.41, 5.74) is 1.18. The van der Waals surface area contributed by atoms with Crippen LogP contribution in [0.4, 0.5) is 0 Å². The normalized spacial score (nSPS) is 18.1. The molecule has 0 radical (unpaired) electrons. The Kier molecular flexibility index (Phi) is 6.87. The first-order chi connectivity index (χ1) is 10.7. The average Bonchev–Trinajstić information content (AvgIpc) is 2.56. The van der Waals surface area contributed by atoms with E-state index in [4.69, 9.17) is 5.11 Å². The number of amides is 1. The van der Waals surface area contributed by atoms with E-state index in [-0.39, 0.29) is 18.6 Å². The number of hydrogen-bond donors (Lipinski definition) is 2. The number of rotatable bonds is 7. The first-order valence-electron chi connectivity index (χ1n) is 8.40. The van der Waals surface area contributed by atoms with Gasteiger partial charge in [0, 0.05) is 6.61 Å². The van der Waals surface area contributed by atoms with Gasteiger partial charge in [-0.15, -0.1) is 0 Å². The predicted molar refractivity (Wildman–Crippen MR) is 88.5 cm³/mol. The Morgan fingerprint density at radius 3 is 2.59 bits per heavy atom. The van der Waals surface area contributed by atoms with Crippen LogP contribution in [-0.2, 0) is 4.79 Å². The van der Waals surface area contributed by atoms with Crippen molar-refractivity contribution in [3.63, 3.8) is 0 Å². The van der Waals surface area contributed by atoms with Crippen LogP contribution in [0.25, 0.3) is 0 Å². The van der Waals surface area contributed by atoms with E-state index in [0.717, 1.165) is 38.8 Å². The molecule has 1 aromatic carbocycles. The molecule has 1 heterocycles. The lowest BCUT2D eigenvalue weighted by Crippen LogP contribution is -2.42. The minimum Gasteiger partial charge on any atom is -0.396 e. The molecule has 122 valence electrons. The van der Waals surface area contributed by atoms with E-state index in [1.165, 1.54) is 5.56 Å². The van der Waals surface area contributed by atoms with E-state index in [1.807, 2.05) is 18.2 Å². The molecule has 0 aromatic heterocycles. The zero-order chi connectivity index (χ0) is 15.8. The van der Waals surface area contributed by atoms with Crippen LogP contribution in [0.1, 0.15) is 44.2 Å². The van der Waals surface area contributed by atoms with Gasteiger partial charge in [0.05, 0.1) is 12.6 Å². The maximum absolute atomic E-state index is 12.3. The van der Waals surface area contributed by atoms with Crippen molar-refractivity contribution in [1.29, 1.82) is 0 Å². The quantitative estimate of drug-likeness (QED) is 0.813. The fraction of sp³-hybridized carbons (Fsp3) is 0.611. The average molecular weight is 304 g/mol. The molecule has 0 saturated carbocycles. The van der Waals surface area contributed by atoms with Gasteiger partial charge in [-0.2, -0.15) is 0 Å². The molecule has 4 nitrogen and oxygen atoms in total.